The van der Waals surface area contributed by atoms with Crippen LogP contribution in [0.3, 0.4) is 0 Å². The van der Waals surface area contributed by atoms with Gasteiger partial charge in [0.2, 0.25) is 5.95 Å². The number of aromatic nitrogens is 4. The molecule has 14 heteroatoms. The summed E-state index contributed by atoms with van der Waals surface area (Å²) >= 11 is 5.95. The van der Waals surface area contributed by atoms with Crippen molar-refractivity contribution in [2.45, 2.75) is 40.5 Å². The van der Waals surface area contributed by atoms with Crippen LogP contribution in [-0.4, -0.2) is 66.0 Å². The van der Waals surface area contributed by atoms with E-state index in [9.17, 15) is 20.1 Å². The summed E-state index contributed by atoms with van der Waals surface area (Å²) in [4.78, 5) is 25.7. The second-order valence-corrected chi connectivity index (χ2v) is 10.4. The maximum absolute atomic E-state index is 12.5. The predicted molar refractivity (Wildman–Crippen MR) is 134 cm³/mol. The average molecular weight is 582 g/mol. The highest BCUT2D eigenvalue weighted by Crippen LogP contribution is 2.37. The van der Waals surface area contributed by atoms with Crippen molar-refractivity contribution in [2.24, 2.45) is 0 Å². The Kier molecular flexibility index (Phi) is 6.78. The maximum atomic E-state index is 12.5. The first-order chi connectivity index (χ1) is 16.8. The van der Waals surface area contributed by atoms with E-state index in [1.165, 1.54) is 28.1 Å². The summed E-state index contributed by atoms with van der Waals surface area (Å²) in [6, 6.07) is 7.15. The molecule has 5 N–H and O–H groups in total. The van der Waals surface area contributed by atoms with Crippen LogP contribution in [0.2, 0.25) is 0 Å². The molecule has 4 heterocycles. The number of hydrogen-bond acceptors (Lipinski definition) is 12. The predicted octanol–water partition coefficient (Wildman–Crippen LogP) is 1.90. The van der Waals surface area contributed by atoms with E-state index in [1.807, 2.05) is 6.07 Å². The molecule has 0 spiro atoms. The Balaban J connectivity index is 1.53. The molecule has 1 fully saturated rings. The number of aliphatic hydroxyl groups excluding tert-OH is 3. The Morgan fingerprint density at radius 1 is 1.20 bits per heavy atom. The molecule has 35 heavy (non-hydrogen) atoms. The molecule has 0 bridgehead atoms. The van der Waals surface area contributed by atoms with Crippen LogP contribution >= 0.6 is 39.5 Å². The van der Waals surface area contributed by atoms with Gasteiger partial charge in [-0.2, -0.15) is 4.98 Å². The molecule has 0 aliphatic carbocycles. The van der Waals surface area contributed by atoms with Crippen LogP contribution in [0.25, 0.3) is 22.1 Å². The minimum absolute atomic E-state index is 0.0324. The van der Waals surface area contributed by atoms with Crippen molar-refractivity contribution < 1.29 is 24.5 Å². The summed E-state index contributed by atoms with van der Waals surface area (Å²) in [7, 11) is 0. The lowest BCUT2D eigenvalue weighted by molar-refractivity contribution is -0.0548. The highest BCUT2D eigenvalue weighted by molar-refractivity contribution is 9.10. The number of ether oxygens (including phenoxy) is 1. The van der Waals surface area contributed by atoms with Crippen LogP contribution in [0.1, 0.15) is 11.8 Å². The Bertz CT molecular complexity index is 1480. The highest BCUT2D eigenvalue weighted by Gasteiger charge is 2.45. The standard InChI is InChI=1S/C21H20BrN5O6S2/c1-34-21-24-13-16(27(21)18-15(30)14(29)12(6-28)32-18)25-20(23)26-17(13)35-7-9-4-8-5-10(22)2-3-11(8)33-19(9)31/h2-5,12,14-15,18,28-30H,6-7H2,1H3,(H2,23,25,26)/t12-,14-,15-,18-/m1/s1. The molecular formula is C21H20BrN5O6S2. The molecule has 5 rings (SSSR count). The van der Waals surface area contributed by atoms with E-state index in [4.69, 9.17) is 14.9 Å². The average Bonchev–Trinajstić information content (AvgIpc) is 3.34. The van der Waals surface area contributed by atoms with Crippen LogP contribution in [0, 0.1) is 0 Å². The van der Waals surface area contributed by atoms with E-state index < -0.39 is 36.8 Å². The van der Waals surface area contributed by atoms with Crippen molar-refractivity contribution in [3.63, 3.8) is 0 Å². The zero-order valence-electron chi connectivity index (χ0n) is 18.2. The van der Waals surface area contributed by atoms with E-state index in [0.29, 0.717) is 32.5 Å². The molecule has 1 aliphatic heterocycles. The molecule has 184 valence electrons. The third-order valence-corrected chi connectivity index (χ3v) is 7.74. The van der Waals surface area contributed by atoms with Crippen molar-refractivity contribution in [3.05, 3.63) is 44.7 Å². The SMILES string of the molecule is CSc1nc2c(SCc3cc4cc(Br)ccc4oc3=O)nc(N)nc2n1[C@@H]1O[C@H](CO)[C@@H](O)[C@H]1O. The number of nitrogens with two attached hydrogens (primary N) is 1. The molecule has 11 nitrogen and oxygen atoms in total. The smallest absolute Gasteiger partial charge is 0.340 e. The number of rotatable bonds is 6. The molecular weight excluding hydrogens is 562 g/mol. The molecule has 3 aromatic heterocycles. The number of aliphatic hydroxyl groups is 3. The lowest BCUT2D eigenvalue weighted by Crippen LogP contribution is -2.33. The second kappa shape index (κ2) is 9.69. The number of nitrogens with zero attached hydrogens (tertiary/aromatic N) is 4. The number of hydrogen-bond donors (Lipinski definition) is 4. The number of halogens is 1. The number of anilines is 1. The number of imidazole rings is 1. The first-order valence-electron chi connectivity index (χ1n) is 10.4. The van der Waals surface area contributed by atoms with Gasteiger partial charge in [-0.05, 0) is 30.5 Å². The normalized spacial score (nSPS) is 22.4. The Labute approximate surface area is 214 Å². The number of fused-ring (bicyclic) bond motifs is 2. The minimum Gasteiger partial charge on any atom is -0.423 e. The molecule has 4 atom stereocenters. The van der Waals surface area contributed by atoms with E-state index in [0.717, 1.165) is 9.86 Å². The van der Waals surface area contributed by atoms with Gasteiger partial charge in [-0.3, -0.25) is 4.57 Å². The third kappa shape index (κ3) is 4.43. The van der Waals surface area contributed by atoms with Crippen molar-refractivity contribution >= 4 is 67.5 Å². The fourth-order valence-electron chi connectivity index (χ4n) is 3.90. The van der Waals surface area contributed by atoms with Crippen molar-refractivity contribution in [1.29, 1.82) is 0 Å². The number of nitrogen functional groups attached to an aromatic ring is 1. The zero-order chi connectivity index (χ0) is 24.9. The van der Waals surface area contributed by atoms with Crippen LogP contribution in [0.5, 0.6) is 0 Å². The van der Waals surface area contributed by atoms with Crippen LogP contribution in [0.15, 0.2) is 48.1 Å². The van der Waals surface area contributed by atoms with Gasteiger partial charge >= 0.3 is 5.63 Å². The van der Waals surface area contributed by atoms with Gasteiger partial charge in [-0.15, -0.1) is 0 Å². The fraction of sp³-hybridized carbons (Fsp3) is 0.333. The summed E-state index contributed by atoms with van der Waals surface area (Å²) in [6.07, 6.45) is -2.79. The van der Waals surface area contributed by atoms with E-state index in [-0.39, 0.29) is 11.7 Å². The van der Waals surface area contributed by atoms with E-state index in [2.05, 4.69) is 30.9 Å². The van der Waals surface area contributed by atoms with Gasteiger partial charge in [0.1, 0.15) is 34.4 Å². The monoisotopic (exact) mass is 581 g/mol. The summed E-state index contributed by atoms with van der Waals surface area (Å²) < 4.78 is 13.5. The van der Waals surface area contributed by atoms with E-state index in [1.54, 1.807) is 24.5 Å². The van der Waals surface area contributed by atoms with Crippen LogP contribution in [0.4, 0.5) is 5.95 Å². The third-order valence-electron chi connectivity index (χ3n) is 5.58. The molecule has 4 aromatic rings. The molecule has 1 saturated heterocycles. The van der Waals surface area contributed by atoms with Gasteiger partial charge in [0.25, 0.3) is 0 Å². The molecule has 0 saturated carbocycles. The first-order valence-corrected chi connectivity index (χ1v) is 13.4. The number of benzene rings is 1. The summed E-state index contributed by atoms with van der Waals surface area (Å²) in [5.41, 5.74) is 7.17. The first kappa shape index (κ1) is 24.5. The zero-order valence-corrected chi connectivity index (χ0v) is 21.4. The van der Waals surface area contributed by atoms with Gasteiger partial charge in [-0.25, -0.2) is 14.8 Å². The Morgan fingerprint density at radius 3 is 2.71 bits per heavy atom. The van der Waals surface area contributed by atoms with E-state index >= 15 is 0 Å². The van der Waals surface area contributed by atoms with Gasteiger partial charge < -0.3 is 30.2 Å². The quantitative estimate of drug-likeness (QED) is 0.148. The molecule has 1 aromatic carbocycles. The number of thioether (sulfide) groups is 2. The lowest BCUT2D eigenvalue weighted by Gasteiger charge is -2.18. The highest BCUT2D eigenvalue weighted by atomic mass is 79.9. The van der Waals surface area contributed by atoms with Gasteiger partial charge in [0, 0.05) is 21.2 Å². The van der Waals surface area contributed by atoms with Crippen LogP contribution in [-0.2, 0) is 10.5 Å². The van der Waals surface area contributed by atoms with Gasteiger partial charge in [0.15, 0.2) is 17.0 Å². The summed E-state index contributed by atoms with van der Waals surface area (Å²) in [5.74, 6) is 0.209. The summed E-state index contributed by atoms with van der Waals surface area (Å²) in [5, 5.41) is 31.9. The van der Waals surface area contributed by atoms with Gasteiger partial charge in [0.05, 0.1) is 6.61 Å². The Morgan fingerprint density at radius 2 is 2.00 bits per heavy atom. The topological polar surface area (TPSA) is 170 Å². The van der Waals surface area contributed by atoms with Crippen molar-refractivity contribution in [3.8, 4) is 0 Å². The van der Waals surface area contributed by atoms with Crippen molar-refractivity contribution in [1.82, 2.24) is 19.5 Å². The Hall–Kier alpha value is -2.20. The van der Waals surface area contributed by atoms with Crippen LogP contribution < -0.4 is 11.4 Å². The summed E-state index contributed by atoms with van der Waals surface area (Å²) in [6.45, 7) is -0.459. The van der Waals surface area contributed by atoms with Crippen molar-refractivity contribution in [2.75, 3.05) is 18.6 Å². The molecule has 1 aliphatic rings. The second-order valence-electron chi connectivity index (χ2n) is 7.79. The maximum Gasteiger partial charge on any atom is 0.340 e. The molecule has 0 radical (unpaired) electrons. The minimum atomic E-state index is -1.32. The molecule has 0 unspecified atom stereocenters. The largest absolute Gasteiger partial charge is 0.423 e. The lowest BCUT2D eigenvalue weighted by atomic mass is 10.1. The molecule has 0 amide bonds. The van der Waals surface area contributed by atoms with Gasteiger partial charge in [-0.1, -0.05) is 39.5 Å². The fourth-order valence-corrected chi connectivity index (χ4v) is 5.77.